The molecule has 1 aromatic rings. The number of aliphatic hydroxyl groups is 1. The summed E-state index contributed by atoms with van der Waals surface area (Å²) in [5.41, 5.74) is 3.76. The van der Waals surface area contributed by atoms with Crippen LogP contribution in [0.15, 0.2) is 16.5 Å². The predicted molar refractivity (Wildman–Crippen MR) is 47.5 cm³/mol. The monoisotopic (exact) mass is 169 g/mol. The van der Waals surface area contributed by atoms with Gasteiger partial charge in [-0.3, -0.25) is 0 Å². The number of hydrogen-bond donors (Lipinski definition) is 1. The first-order chi connectivity index (χ1) is 5.36. The van der Waals surface area contributed by atoms with Crippen molar-refractivity contribution in [1.82, 2.24) is 4.98 Å². The summed E-state index contributed by atoms with van der Waals surface area (Å²) in [5.74, 6) is 0. The van der Waals surface area contributed by atoms with E-state index in [-0.39, 0.29) is 6.61 Å². The van der Waals surface area contributed by atoms with Crippen molar-refractivity contribution in [2.45, 2.75) is 13.3 Å². The predicted octanol–water partition coefficient (Wildman–Crippen LogP) is 1.93. The molecule has 1 aromatic heterocycles. The Balaban J connectivity index is 2.71. The van der Waals surface area contributed by atoms with Gasteiger partial charge in [0.2, 0.25) is 0 Å². The molecular weight excluding hydrogens is 158 g/mol. The second kappa shape index (κ2) is 4.26. The second-order valence-corrected chi connectivity index (χ2v) is 2.95. The molecule has 0 unspecified atom stereocenters. The maximum Gasteiger partial charge on any atom is 0.0798 e. The Morgan fingerprint density at radius 1 is 1.82 bits per heavy atom. The van der Waals surface area contributed by atoms with Crippen molar-refractivity contribution < 1.29 is 5.11 Å². The van der Waals surface area contributed by atoms with Crippen molar-refractivity contribution >= 4 is 17.4 Å². The average Bonchev–Trinajstić information content (AvgIpc) is 2.52. The van der Waals surface area contributed by atoms with E-state index in [1.54, 1.807) is 16.8 Å². The maximum absolute atomic E-state index is 8.83. The van der Waals surface area contributed by atoms with E-state index in [0.29, 0.717) is 0 Å². The van der Waals surface area contributed by atoms with Crippen LogP contribution < -0.4 is 0 Å². The van der Waals surface area contributed by atoms with Gasteiger partial charge in [0.05, 0.1) is 17.8 Å². The first-order valence-electron chi connectivity index (χ1n) is 3.55. The number of nitrogens with zero attached hydrogens (tertiary/aromatic N) is 1. The zero-order valence-electron chi connectivity index (χ0n) is 6.45. The van der Waals surface area contributed by atoms with E-state index >= 15 is 0 Å². The summed E-state index contributed by atoms with van der Waals surface area (Å²) in [4.78, 5) is 4.08. The van der Waals surface area contributed by atoms with Gasteiger partial charge in [-0.15, -0.1) is 11.3 Å². The van der Waals surface area contributed by atoms with Crippen molar-refractivity contribution in [1.29, 1.82) is 0 Å². The number of aromatic nitrogens is 1. The molecule has 3 heteroatoms. The number of rotatable bonds is 3. The lowest BCUT2D eigenvalue weighted by molar-refractivity contribution is 0.329. The van der Waals surface area contributed by atoms with E-state index in [2.05, 4.69) is 4.98 Å². The SMILES string of the molecule is CCC(=Cc1cscn1)CO. The van der Waals surface area contributed by atoms with E-state index in [1.165, 1.54) is 0 Å². The minimum absolute atomic E-state index is 0.133. The van der Waals surface area contributed by atoms with Crippen molar-refractivity contribution in [2.75, 3.05) is 6.61 Å². The normalized spacial score (nSPS) is 12.0. The summed E-state index contributed by atoms with van der Waals surface area (Å²) in [7, 11) is 0. The molecule has 0 saturated carbocycles. The molecule has 0 amide bonds. The zero-order valence-corrected chi connectivity index (χ0v) is 7.27. The summed E-state index contributed by atoms with van der Waals surface area (Å²) in [6.45, 7) is 2.16. The standard InChI is InChI=1S/C8H11NOS/c1-2-7(4-10)3-8-5-11-6-9-8/h3,5-6,10H,2,4H2,1H3. The van der Waals surface area contributed by atoms with E-state index in [1.807, 2.05) is 18.4 Å². The fourth-order valence-corrected chi connectivity index (χ4v) is 1.27. The van der Waals surface area contributed by atoms with Crippen LogP contribution in [0.25, 0.3) is 6.08 Å². The minimum atomic E-state index is 0.133. The third-order valence-corrected chi connectivity index (χ3v) is 2.07. The summed E-state index contributed by atoms with van der Waals surface area (Å²) in [6, 6.07) is 0. The Labute approximate surface area is 70.2 Å². The van der Waals surface area contributed by atoms with E-state index in [4.69, 9.17) is 5.11 Å². The fraction of sp³-hybridized carbons (Fsp3) is 0.375. The van der Waals surface area contributed by atoms with Gasteiger partial charge in [0.15, 0.2) is 0 Å². The van der Waals surface area contributed by atoms with Crippen LogP contribution in [0.3, 0.4) is 0 Å². The van der Waals surface area contributed by atoms with Gasteiger partial charge in [0, 0.05) is 5.38 Å². The summed E-state index contributed by atoms with van der Waals surface area (Å²) >= 11 is 1.57. The van der Waals surface area contributed by atoms with Crippen LogP contribution >= 0.6 is 11.3 Å². The lowest BCUT2D eigenvalue weighted by Gasteiger charge is -1.95. The van der Waals surface area contributed by atoms with Gasteiger partial charge in [-0.25, -0.2) is 4.98 Å². The van der Waals surface area contributed by atoms with Gasteiger partial charge in [-0.05, 0) is 18.1 Å². The average molecular weight is 169 g/mol. The first-order valence-corrected chi connectivity index (χ1v) is 4.49. The van der Waals surface area contributed by atoms with Crippen molar-refractivity contribution in [3.05, 3.63) is 22.2 Å². The van der Waals surface area contributed by atoms with Crippen molar-refractivity contribution in [3.63, 3.8) is 0 Å². The van der Waals surface area contributed by atoms with Crippen molar-refractivity contribution in [3.8, 4) is 0 Å². The Hall–Kier alpha value is -0.670. The Morgan fingerprint density at radius 2 is 2.64 bits per heavy atom. The Bertz CT molecular complexity index is 222. The molecule has 0 aliphatic rings. The van der Waals surface area contributed by atoms with Crippen LogP contribution in [0.5, 0.6) is 0 Å². The molecule has 0 aliphatic carbocycles. The van der Waals surface area contributed by atoms with Crippen LogP contribution in [-0.4, -0.2) is 16.7 Å². The molecular formula is C8H11NOS. The molecule has 0 radical (unpaired) electrons. The fourth-order valence-electron chi connectivity index (χ4n) is 0.762. The van der Waals surface area contributed by atoms with Crippen molar-refractivity contribution in [2.24, 2.45) is 0 Å². The molecule has 60 valence electrons. The highest BCUT2D eigenvalue weighted by atomic mass is 32.1. The highest BCUT2D eigenvalue weighted by Crippen LogP contribution is 2.08. The van der Waals surface area contributed by atoms with E-state index < -0.39 is 0 Å². The number of hydrogen-bond acceptors (Lipinski definition) is 3. The lowest BCUT2D eigenvalue weighted by atomic mass is 10.2. The summed E-state index contributed by atoms with van der Waals surface area (Å²) in [5, 5.41) is 10.8. The van der Waals surface area contributed by atoms with Gasteiger partial charge >= 0.3 is 0 Å². The van der Waals surface area contributed by atoms with Crippen LogP contribution in [0.4, 0.5) is 0 Å². The zero-order chi connectivity index (χ0) is 8.10. The molecule has 1 N–H and O–H groups in total. The summed E-state index contributed by atoms with van der Waals surface area (Å²) < 4.78 is 0. The maximum atomic E-state index is 8.83. The molecule has 11 heavy (non-hydrogen) atoms. The first kappa shape index (κ1) is 8.43. The second-order valence-electron chi connectivity index (χ2n) is 2.23. The topological polar surface area (TPSA) is 33.1 Å². The minimum Gasteiger partial charge on any atom is -0.392 e. The van der Waals surface area contributed by atoms with Crippen LogP contribution in [0.2, 0.25) is 0 Å². The van der Waals surface area contributed by atoms with Gasteiger partial charge < -0.3 is 5.11 Å². The molecule has 1 heterocycles. The highest BCUT2D eigenvalue weighted by molar-refractivity contribution is 7.07. The molecule has 0 aromatic carbocycles. The Morgan fingerprint density at radius 3 is 3.09 bits per heavy atom. The lowest BCUT2D eigenvalue weighted by Crippen LogP contribution is -1.87. The molecule has 1 rings (SSSR count). The molecule has 0 fully saturated rings. The molecule has 0 bridgehead atoms. The Kier molecular flexibility index (Phi) is 3.26. The molecule has 0 spiro atoms. The van der Waals surface area contributed by atoms with Gasteiger partial charge in [-0.2, -0.15) is 0 Å². The van der Waals surface area contributed by atoms with Gasteiger partial charge in [-0.1, -0.05) is 6.92 Å². The van der Waals surface area contributed by atoms with Crippen LogP contribution in [-0.2, 0) is 0 Å². The third kappa shape index (κ3) is 2.44. The van der Waals surface area contributed by atoms with E-state index in [9.17, 15) is 0 Å². The number of thiazole rings is 1. The molecule has 0 saturated heterocycles. The summed E-state index contributed by atoms with van der Waals surface area (Å²) in [6.07, 6.45) is 2.81. The van der Waals surface area contributed by atoms with E-state index in [0.717, 1.165) is 17.7 Å². The quantitative estimate of drug-likeness (QED) is 0.750. The van der Waals surface area contributed by atoms with Gasteiger partial charge in [0.25, 0.3) is 0 Å². The van der Waals surface area contributed by atoms with Crippen LogP contribution in [0.1, 0.15) is 19.0 Å². The van der Waals surface area contributed by atoms with Gasteiger partial charge in [0.1, 0.15) is 0 Å². The highest BCUT2D eigenvalue weighted by Gasteiger charge is 1.93. The smallest absolute Gasteiger partial charge is 0.0798 e. The largest absolute Gasteiger partial charge is 0.392 e. The third-order valence-electron chi connectivity index (χ3n) is 1.46. The molecule has 2 nitrogen and oxygen atoms in total. The number of aliphatic hydroxyl groups excluding tert-OH is 1. The molecule has 0 aliphatic heterocycles. The molecule has 0 atom stereocenters. The van der Waals surface area contributed by atoms with Crippen LogP contribution in [0, 0.1) is 0 Å².